The highest BCUT2D eigenvalue weighted by molar-refractivity contribution is 5.50. The van der Waals surface area contributed by atoms with Crippen molar-refractivity contribution >= 4 is 5.69 Å². The maximum absolute atomic E-state index is 3.84. The summed E-state index contributed by atoms with van der Waals surface area (Å²) in [5, 5.41) is 3.33. The van der Waals surface area contributed by atoms with E-state index in [1.54, 1.807) is 0 Å². The van der Waals surface area contributed by atoms with Gasteiger partial charge in [0.25, 0.3) is 0 Å². The molecule has 1 aliphatic rings. The third-order valence-electron chi connectivity index (χ3n) is 2.74. The smallest absolute Gasteiger partial charge is 0.0880 e. The van der Waals surface area contributed by atoms with Crippen LogP contribution in [0.15, 0.2) is 66.9 Å². The van der Waals surface area contributed by atoms with E-state index < -0.39 is 0 Å². The summed E-state index contributed by atoms with van der Waals surface area (Å²) in [5.41, 5.74) is 3.49. The Bertz CT molecular complexity index is 418. The van der Waals surface area contributed by atoms with E-state index in [2.05, 4.69) is 47.6 Å². The minimum absolute atomic E-state index is 0.808. The minimum atomic E-state index is 0.808. The summed E-state index contributed by atoms with van der Waals surface area (Å²) in [6, 6.07) is 10.4. The fourth-order valence-electron chi connectivity index (χ4n) is 1.84. The van der Waals surface area contributed by atoms with Gasteiger partial charge in [0.1, 0.15) is 0 Å². The van der Waals surface area contributed by atoms with Crippen molar-refractivity contribution < 1.29 is 0 Å². The first-order chi connectivity index (χ1) is 7.85. The van der Waals surface area contributed by atoms with Gasteiger partial charge in [-0.2, -0.15) is 0 Å². The Balaban J connectivity index is 2.22. The molecule has 1 heterocycles. The highest BCUT2D eigenvalue weighted by Gasteiger charge is 2.14. The second-order valence-corrected chi connectivity index (χ2v) is 3.72. The van der Waals surface area contributed by atoms with Gasteiger partial charge in [-0.3, -0.25) is 0 Å². The molecule has 1 aliphatic heterocycles. The number of allylic oxidation sites excluding steroid dienone is 1. The van der Waals surface area contributed by atoms with Crippen molar-refractivity contribution in [2.24, 2.45) is 0 Å². The lowest BCUT2D eigenvalue weighted by molar-refractivity contribution is 0.709. The van der Waals surface area contributed by atoms with Crippen LogP contribution in [0.3, 0.4) is 0 Å². The van der Waals surface area contributed by atoms with E-state index >= 15 is 0 Å². The molecule has 0 aromatic heterocycles. The lowest BCUT2D eigenvalue weighted by atomic mass is 10.1. The van der Waals surface area contributed by atoms with Gasteiger partial charge in [0.05, 0.1) is 6.67 Å². The monoisotopic (exact) mass is 212 g/mol. The van der Waals surface area contributed by atoms with Gasteiger partial charge in [-0.05, 0) is 23.8 Å². The van der Waals surface area contributed by atoms with Gasteiger partial charge < -0.3 is 10.2 Å². The second kappa shape index (κ2) is 4.71. The van der Waals surface area contributed by atoms with Crippen LogP contribution in [0.4, 0.5) is 5.69 Å². The molecule has 82 valence electrons. The number of nitrogens with zero attached hydrogens (tertiary/aromatic N) is 1. The summed E-state index contributed by atoms with van der Waals surface area (Å²) in [7, 11) is 0. The summed E-state index contributed by atoms with van der Waals surface area (Å²) in [6.45, 7) is 9.32. The second-order valence-electron chi connectivity index (χ2n) is 3.72. The van der Waals surface area contributed by atoms with Crippen LogP contribution in [0.5, 0.6) is 0 Å². The highest BCUT2D eigenvalue weighted by atomic mass is 15.2. The SMILES string of the molecule is C=CC1=C(C=C)NCN(c2ccccc2)C1. The molecule has 0 saturated carbocycles. The number of para-hydroxylation sites is 1. The molecule has 0 spiro atoms. The molecule has 0 fully saturated rings. The van der Waals surface area contributed by atoms with Crippen molar-refractivity contribution in [1.29, 1.82) is 0 Å². The largest absolute Gasteiger partial charge is 0.367 e. The van der Waals surface area contributed by atoms with Crippen LogP contribution in [0.1, 0.15) is 0 Å². The molecule has 0 atom stereocenters. The lowest BCUT2D eigenvalue weighted by Crippen LogP contribution is -2.40. The standard InChI is InChI=1S/C14H16N2/c1-3-12-10-16(11-15-14(12)4-2)13-8-6-5-7-9-13/h3-9,15H,1-2,10-11H2. The van der Waals surface area contributed by atoms with Gasteiger partial charge in [-0.25, -0.2) is 0 Å². The molecule has 1 aromatic carbocycles. The Kier molecular flexibility index (Phi) is 3.10. The van der Waals surface area contributed by atoms with E-state index in [0.717, 1.165) is 18.9 Å². The molecular formula is C14H16N2. The van der Waals surface area contributed by atoms with Crippen LogP contribution < -0.4 is 10.2 Å². The molecule has 16 heavy (non-hydrogen) atoms. The van der Waals surface area contributed by atoms with Gasteiger partial charge >= 0.3 is 0 Å². The lowest BCUT2D eigenvalue weighted by Gasteiger charge is -2.31. The van der Waals surface area contributed by atoms with E-state index in [1.807, 2.05) is 18.2 Å². The highest BCUT2D eigenvalue weighted by Crippen LogP contribution is 2.19. The first kappa shape index (κ1) is 10.6. The maximum atomic E-state index is 3.84. The molecule has 0 bridgehead atoms. The van der Waals surface area contributed by atoms with Crippen LogP contribution >= 0.6 is 0 Å². The first-order valence-corrected chi connectivity index (χ1v) is 5.37. The topological polar surface area (TPSA) is 15.3 Å². The van der Waals surface area contributed by atoms with E-state index in [-0.39, 0.29) is 0 Å². The summed E-state index contributed by atoms with van der Waals surface area (Å²) in [5.74, 6) is 0. The van der Waals surface area contributed by atoms with Crippen LogP contribution in [0.25, 0.3) is 0 Å². The maximum Gasteiger partial charge on any atom is 0.0880 e. The normalized spacial score (nSPS) is 15.6. The molecule has 0 radical (unpaired) electrons. The van der Waals surface area contributed by atoms with Crippen molar-refractivity contribution in [3.05, 3.63) is 66.9 Å². The van der Waals surface area contributed by atoms with E-state index in [1.165, 1.54) is 11.3 Å². The number of anilines is 1. The van der Waals surface area contributed by atoms with Crippen molar-refractivity contribution in [2.75, 3.05) is 18.1 Å². The van der Waals surface area contributed by atoms with Crippen molar-refractivity contribution in [1.82, 2.24) is 5.32 Å². The van der Waals surface area contributed by atoms with Gasteiger partial charge in [0.15, 0.2) is 0 Å². The van der Waals surface area contributed by atoms with E-state index in [0.29, 0.717) is 0 Å². The fraction of sp³-hybridized carbons (Fsp3) is 0.143. The molecule has 2 nitrogen and oxygen atoms in total. The predicted octanol–water partition coefficient (Wildman–Crippen LogP) is 2.68. The average molecular weight is 212 g/mol. The zero-order valence-electron chi connectivity index (χ0n) is 9.32. The Hall–Kier alpha value is -1.96. The molecule has 0 aliphatic carbocycles. The van der Waals surface area contributed by atoms with Crippen LogP contribution in [-0.2, 0) is 0 Å². The number of rotatable bonds is 3. The molecule has 2 heteroatoms. The van der Waals surface area contributed by atoms with Crippen LogP contribution in [0.2, 0.25) is 0 Å². The minimum Gasteiger partial charge on any atom is -0.367 e. The third kappa shape index (κ3) is 2.01. The summed E-state index contributed by atoms with van der Waals surface area (Å²) in [6.07, 6.45) is 3.73. The molecule has 0 unspecified atom stereocenters. The zero-order chi connectivity index (χ0) is 11.4. The van der Waals surface area contributed by atoms with Gasteiger partial charge in [0.2, 0.25) is 0 Å². The summed E-state index contributed by atoms with van der Waals surface area (Å²) in [4.78, 5) is 2.27. The summed E-state index contributed by atoms with van der Waals surface area (Å²) < 4.78 is 0. The molecular weight excluding hydrogens is 196 g/mol. The Morgan fingerprint density at radius 2 is 1.88 bits per heavy atom. The van der Waals surface area contributed by atoms with Crippen molar-refractivity contribution in [3.63, 3.8) is 0 Å². The van der Waals surface area contributed by atoms with Gasteiger partial charge in [-0.1, -0.05) is 37.4 Å². The van der Waals surface area contributed by atoms with Gasteiger partial charge in [0, 0.05) is 17.9 Å². The Labute approximate surface area is 96.6 Å². The third-order valence-corrected chi connectivity index (χ3v) is 2.74. The Morgan fingerprint density at radius 3 is 2.50 bits per heavy atom. The van der Waals surface area contributed by atoms with Crippen molar-refractivity contribution in [3.8, 4) is 0 Å². The van der Waals surface area contributed by atoms with E-state index in [4.69, 9.17) is 0 Å². The number of nitrogens with one attached hydrogen (secondary N) is 1. The van der Waals surface area contributed by atoms with E-state index in [9.17, 15) is 0 Å². The fourth-order valence-corrected chi connectivity index (χ4v) is 1.84. The average Bonchev–Trinajstić information content (AvgIpc) is 2.39. The quantitative estimate of drug-likeness (QED) is 0.828. The van der Waals surface area contributed by atoms with Crippen LogP contribution in [-0.4, -0.2) is 13.2 Å². The first-order valence-electron chi connectivity index (χ1n) is 5.37. The van der Waals surface area contributed by atoms with Gasteiger partial charge in [-0.15, -0.1) is 0 Å². The predicted molar refractivity (Wildman–Crippen MR) is 69.2 cm³/mol. The molecule has 0 saturated heterocycles. The van der Waals surface area contributed by atoms with Crippen LogP contribution in [0, 0.1) is 0 Å². The number of hydrogen-bond acceptors (Lipinski definition) is 2. The molecule has 2 rings (SSSR count). The summed E-state index contributed by atoms with van der Waals surface area (Å²) >= 11 is 0. The number of hydrogen-bond donors (Lipinski definition) is 1. The number of benzene rings is 1. The molecule has 0 amide bonds. The Morgan fingerprint density at radius 1 is 1.12 bits per heavy atom. The van der Waals surface area contributed by atoms with Crippen molar-refractivity contribution in [2.45, 2.75) is 0 Å². The molecule has 1 aromatic rings. The zero-order valence-corrected chi connectivity index (χ0v) is 9.32. The molecule has 1 N–H and O–H groups in total.